The van der Waals surface area contributed by atoms with Crippen LogP contribution in [-0.4, -0.2) is 17.0 Å². The van der Waals surface area contributed by atoms with Crippen LogP contribution in [0.4, 0.5) is 5.82 Å². The van der Waals surface area contributed by atoms with Crippen LogP contribution in [0, 0.1) is 0 Å². The molecule has 0 aromatic carbocycles. The van der Waals surface area contributed by atoms with Gasteiger partial charge in [0.2, 0.25) is 0 Å². The van der Waals surface area contributed by atoms with E-state index in [9.17, 15) is 0 Å². The van der Waals surface area contributed by atoms with E-state index < -0.39 is 0 Å². The Balaban J connectivity index is 1.99. The molecule has 0 unspecified atom stereocenters. The van der Waals surface area contributed by atoms with Crippen LogP contribution in [0.1, 0.15) is 5.69 Å². The fourth-order valence-electron chi connectivity index (χ4n) is 1.29. The molecule has 0 aliphatic heterocycles. The topological polar surface area (TPSA) is 37.8 Å². The van der Waals surface area contributed by atoms with Gasteiger partial charge in [-0.05, 0) is 24.3 Å². The summed E-state index contributed by atoms with van der Waals surface area (Å²) in [5.74, 6) is 1.68. The van der Waals surface area contributed by atoms with Crippen LogP contribution in [0.5, 0.6) is 0 Å². The third kappa shape index (κ3) is 3.61. The van der Waals surface area contributed by atoms with Crippen molar-refractivity contribution >= 4 is 29.2 Å². The first-order valence-corrected chi connectivity index (χ1v) is 6.52. The number of aromatic nitrogens is 2. The Kier molecular flexibility index (Phi) is 4.23. The van der Waals surface area contributed by atoms with E-state index in [4.69, 9.17) is 11.6 Å². The Hall–Kier alpha value is -1.26. The lowest BCUT2D eigenvalue weighted by Gasteiger charge is -2.03. The molecular formula is C12H12ClN3S. The summed E-state index contributed by atoms with van der Waals surface area (Å²) in [4.78, 5) is 8.66. The van der Waals surface area contributed by atoms with Crippen molar-refractivity contribution in [3.8, 4) is 0 Å². The molecule has 2 aromatic heterocycles. The van der Waals surface area contributed by atoms with Crippen molar-refractivity contribution < 1.29 is 0 Å². The number of rotatable bonds is 4. The first kappa shape index (κ1) is 12.2. The van der Waals surface area contributed by atoms with Crippen molar-refractivity contribution in [1.82, 2.24) is 9.97 Å². The van der Waals surface area contributed by atoms with Crippen LogP contribution in [0.15, 0.2) is 41.6 Å². The number of nitrogens with zero attached hydrogens (tertiary/aromatic N) is 2. The van der Waals surface area contributed by atoms with Crippen LogP contribution in [0.25, 0.3) is 0 Å². The molecule has 5 heteroatoms. The molecule has 3 nitrogen and oxygen atoms in total. The molecule has 17 heavy (non-hydrogen) atoms. The van der Waals surface area contributed by atoms with E-state index >= 15 is 0 Å². The molecule has 2 heterocycles. The zero-order chi connectivity index (χ0) is 12.1. The van der Waals surface area contributed by atoms with Gasteiger partial charge < -0.3 is 5.32 Å². The summed E-state index contributed by atoms with van der Waals surface area (Å²) in [5, 5.41) is 4.63. The molecule has 0 amide bonds. The molecule has 0 aliphatic carbocycles. The Bertz CT molecular complexity index is 487. The van der Waals surface area contributed by atoms with Crippen molar-refractivity contribution in [3.63, 3.8) is 0 Å². The van der Waals surface area contributed by atoms with Gasteiger partial charge in [-0.1, -0.05) is 17.7 Å². The van der Waals surface area contributed by atoms with Gasteiger partial charge in [0, 0.05) is 19.0 Å². The molecule has 1 N–H and O–H groups in total. The molecular weight excluding hydrogens is 254 g/mol. The van der Waals surface area contributed by atoms with Gasteiger partial charge in [0.05, 0.1) is 15.7 Å². The summed E-state index contributed by atoms with van der Waals surface area (Å²) >= 11 is 7.42. The molecule has 0 saturated heterocycles. The minimum Gasteiger partial charge on any atom is -0.373 e. The third-order valence-corrected chi connectivity index (χ3v) is 3.33. The highest BCUT2D eigenvalue weighted by molar-refractivity contribution is 7.98. The molecule has 0 fully saturated rings. The fourth-order valence-corrected chi connectivity index (χ4v) is 2.15. The second kappa shape index (κ2) is 5.89. The van der Waals surface area contributed by atoms with Crippen LogP contribution >= 0.6 is 23.4 Å². The summed E-state index contributed by atoms with van der Waals surface area (Å²) in [6.07, 6.45) is 1.65. The Morgan fingerprint density at radius 1 is 1.29 bits per heavy atom. The van der Waals surface area contributed by atoms with E-state index in [0.29, 0.717) is 5.02 Å². The van der Waals surface area contributed by atoms with E-state index in [2.05, 4.69) is 15.3 Å². The molecule has 88 valence electrons. The largest absolute Gasteiger partial charge is 0.373 e. The van der Waals surface area contributed by atoms with Crippen LogP contribution in [0.3, 0.4) is 0 Å². The quantitative estimate of drug-likeness (QED) is 0.859. The summed E-state index contributed by atoms with van der Waals surface area (Å²) in [6, 6.07) is 9.69. The molecule has 0 radical (unpaired) electrons. The van der Waals surface area contributed by atoms with Gasteiger partial charge in [0.1, 0.15) is 5.82 Å². The lowest BCUT2D eigenvalue weighted by molar-refractivity contribution is 1.12. The summed E-state index contributed by atoms with van der Waals surface area (Å²) in [6.45, 7) is 0. The van der Waals surface area contributed by atoms with E-state index in [0.717, 1.165) is 22.3 Å². The third-order valence-electron chi connectivity index (χ3n) is 2.13. The summed E-state index contributed by atoms with van der Waals surface area (Å²) in [5.41, 5.74) is 1.03. The fraction of sp³-hybridized carbons (Fsp3) is 0.167. The zero-order valence-electron chi connectivity index (χ0n) is 9.35. The minimum absolute atomic E-state index is 0.657. The van der Waals surface area contributed by atoms with Gasteiger partial charge in [-0.15, -0.1) is 11.8 Å². The van der Waals surface area contributed by atoms with E-state index in [1.54, 1.807) is 18.0 Å². The molecule has 2 rings (SSSR count). The zero-order valence-corrected chi connectivity index (χ0v) is 10.9. The van der Waals surface area contributed by atoms with Crippen LogP contribution in [0.2, 0.25) is 5.02 Å². The Morgan fingerprint density at radius 3 is 2.88 bits per heavy atom. The van der Waals surface area contributed by atoms with Gasteiger partial charge >= 0.3 is 0 Å². The molecule has 0 aliphatic rings. The van der Waals surface area contributed by atoms with Gasteiger partial charge in [0.25, 0.3) is 0 Å². The van der Waals surface area contributed by atoms with Gasteiger partial charge in [-0.25, -0.2) is 9.97 Å². The van der Waals surface area contributed by atoms with E-state index in [1.165, 1.54) is 0 Å². The molecule has 0 saturated carbocycles. The average molecular weight is 266 g/mol. The highest BCUT2D eigenvalue weighted by atomic mass is 35.5. The molecule has 2 aromatic rings. The summed E-state index contributed by atoms with van der Waals surface area (Å²) < 4.78 is 0. The molecule has 0 atom stereocenters. The molecule has 0 spiro atoms. The number of anilines is 1. The maximum Gasteiger partial charge on any atom is 0.125 e. The number of hydrogen-bond acceptors (Lipinski definition) is 4. The summed E-state index contributed by atoms with van der Waals surface area (Å²) in [7, 11) is 1.86. The lowest BCUT2D eigenvalue weighted by atomic mass is 10.4. The number of hydrogen-bond donors (Lipinski definition) is 1. The normalized spacial score (nSPS) is 10.2. The first-order valence-electron chi connectivity index (χ1n) is 5.16. The maximum atomic E-state index is 5.78. The Morgan fingerprint density at radius 2 is 2.18 bits per heavy atom. The maximum absolute atomic E-state index is 5.78. The van der Waals surface area contributed by atoms with Gasteiger partial charge in [0.15, 0.2) is 0 Å². The lowest BCUT2D eigenvalue weighted by Crippen LogP contribution is -1.94. The molecule has 0 bridgehead atoms. The van der Waals surface area contributed by atoms with Gasteiger partial charge in [-0.3, -0.25) is 0 Å². The second-order valence-corrected chi connectivity index (χ2v) is 4.80. The SMILES string of the molecule is CNc1cccc(CSc2ccc(Cl)cn2)n1. The van der Waals surface area contributed by atoms with Gasteiger partial charge in [-0.2, -0.15) is 0 Å². The van der Waals surface area contributed by atoms with Crippen molar-refractivity contribution in [2.75, 3.05) is 12.4 Å². The number of thioether (sulfide) groups is 1. The minimum atomic E-state index is 0.657. The van der Waals surface area contributed by atoms with Crippen molar-refractivity contribution in [2.24, 2.45) is 0 Å². The van der Waals surface area contributed by atoms with Crippen LogP contribution < -0.4 is 5.32 Å². The highest BCUT2D eigenvalue weighted by Crippen LogP contribution is 2.21. The van der Waals surface area contributed by atoms with E-state index in [1.807, 2.05) is 37.4 Å². The van der Waals surface area contributed by atoms with E-state index in [-0.39, 0.29) is 0 Å². The van der Waals surface area contributed by atoms with Crippen molar-refractivity contribution in [2.45, 2.75) is 10.8 Å². The number of nitrogens with one attached hydrogen (secondary N) is 1. The van der Waals surface area contributed by atoms with Crippen molar-refractivity contribution in [1.29, 1.82) is 0 Å². The first-order chi connectivity index (χ1) is 8.28. The van der Waals surface area contributed by atoms with Crippen molar-refractivity contribution in [3.05, 3.63) is 47.2 Å². The average Bonchev–Trinajstić information content (AvgIpc) is 2.38. The predicted molar refractivity (Wildman–Crippen MR) is 72.6 cm³/mol. The second-order valence-electron chi connectivity index (χ2n) is 3.37. The monoisotopic (exact) mass is 265 g/mol. The Labute approximate surface area is 110 Å². The number of pyridine rings is 2. The smallest absolute Gasteiger partial charge is 0.125 e. The van der Waals surface area contributed by atoms with Crippen LogP contribution in [-0.2, 0) is 5.75 Å². The highest BCUT2D eigenvalue weighted by Gasteiger charge is 2.00. The predicted octanol–water partition coefficient (Wildman–Crippen LogP) is 3.46. The standard InChI is InChI=1S/C12H12ClN3S/c1-14-11-4-2-3-10(16-11)8-17-12-6-5-9(13)7-15-12/h2-7H,8H2,1H3,(H,14,16). The number of halogens is 1.